The van der Waals surface area contributed by atoms with Crippen molar-refractivity contribution in [2.24, 2.45) is 0 Å². The van der Waals surface area contributed by atoms with Gasteiger partial charge in [-0.05, 0) is 81.0 Å². The first-order valence-electron chi connectivity index (χ1n) is 13.1. The van der Waals surface area contributed by atoms with Crippen LogP contribution in [0.2, 0.25) is 0 Å². The highest BCUT2D eigenvalue weighted by molar-refractivity contribution is 5.75. The number of nitrogens with zero attached hydrogens (tertiary/aromatic N) is 4. The van der Waals surface area contributed by atoms with E-state index < -0.39 is 0 Å². The van der Waals surface area contributed by atoms with Crippen molar-refractivity contribution in [1.82, 2.24) is 24.9 Å². The van der Waals surface area contributed by atoms with Crippen LogP contribution in [0.1, 0.15) is 68.5 Å². The molecule has 0 saturated carbocycles. The van der Waals surface area contributed by atoms with Gasteiger partial charge in [0.15, 0.2) is 0 Å². The van der Waals surface area contributed by atoms with Gasteiger partial charge in [0.05, 0.1) is 6.04 Å². The van der Waals surface area contributed by atoms with Crippen molar-refractivity contribution < 1.29 is 9.59 Å². The van der Waals surface area contributed by atoms with Crippen molar-refractivity contribution >= 4 is 12.1 Å². The molecule has 5 rings (SSSR count). The van der Waals surface area contributed by atoms with Gasteiger partial charge in [-0.1, -0.05) is 24.3 Å². The van der Waals surface area contributed by atoms with E-state index in [9.17, 15) is 9.59 Å². The van der Waals surface area contributed by atoms with Crippen LogP contribution in [0.4, 0.5) is 9.59 Å². The molecule has 3 heterocycles. The molecule has 3 fully saturated rings. The van der Waals surface area contributed by atoms with E-state index in [1.54, 1.807) is 23.9 Å². The molecule has 0 radical (unpaired) electrons. The maximum Gasteiger partial charge on any atom is 0.319 e. The largest absolute Gasteiger partial charge is 0.331 e. The molecule has 1 spiro atoms. The Morgan fingerprint density at radius 2 is 1.53 bits per heavy atom. The van der Waals surface area contributed by atoms with E-state index in [-0.39, 0.29) is 23.5 Å². The molecule has 1 N–H and O–H groups in total. The first-order chi connectivity index (χ1) is 16.3. The lowest BCUT2D eigenvalue weighted by molar-refractivity contribution is 0.0400. The van der Waals surface area contributed by atoms with E-state index in [4.69, 9.17) is 0 Å². The SMILES string of the molecule is CN(C)C(=O)N[C@@H]1CCC2(CCN(C3CC4CCC(C3)N4C(=O)N(C)C)CC2)c2ccccc21. The zero-order chi connectivity index (χ0) is 24.0. The molecular formula is C27H41N5O2. The first kappa shape index (κ1) is 23.5. The fourth-order valence-electron chi connectivity index (χ4n) is 7.25. The average Bonchev–Trinajstić information content (AvgIpc) is 3.09. The third-order valence-corrected chi connectivity index (χ3v) is 9.11. The smallest absolute Gasteiger partial charge is 0.319 e. The Balaban J connectivity index is 1.26. The zero-order valence-corrected chi connectivity index (χ0v) is 21.3. The number of rotatable bonds is 2. The molecule has 2 bridgehead atoms. The highest BCUT2D eigenvalue weighted by Crippen LogP contribution is 2.49. The standard InChI is InChI=1S/C27H41N5O2/c1-29(2)25(33)28-24-11-12-27(23-8-6-5-7-22(23)24)13-15-31(16-14-27)21-17-19-9-10-20(18-21)32(19)26(34)30(3)4/h5-8,19-21,24H,9-18H2,1-4H3,(H,28,33)/t19?,20?,21?,24-/m1/s1. The van der Waals surface area contributed by atoms with Gasteiger partial charge >= 0.3 is 12.1 Å². The lowest BCUT2D eigenvalue weighted by atomic mass is 9.63. The van der Waals surface area contributed by atoms with Gasteiger partial charge in [0.2, 0.25) is 0 Å². The van der Waals surface area contributed by atoms with Gasteiger partial charge in [0.1, 0.15) is 0 Å². The summed E-state index contributed by atoms with van der Waals surface area (Å²) >= 11 is 0. The molecule has 4 amide bonds. The van der Waals surface area contributed by atoms with Crippen molar-refractivity contribution in [1.29, 1.82) is 0 Å². The molecule has 7 heteroatoms. The number of piperidine rings is 2. The van der Waals surface area contributed by atoms with Gasteiger partial charge in [0.25, 0.3) is 0 Å². The summed E-state index contributed by atoms with van der Waals surface area (Å²) in [4.78, 5) is 33.3. The number of fused-ring (bicyclic) bond motifs is 4. The second kappa shape index (κ2) is 9.06. The van der Waals surface area contributed by atoms with Crippen LogP contribution < -0.4 is 5.32 Å². The van der Waals surface area contributed by atoms with E-state index in [2.05, 4.69) is 39.4 Å². The fourth-order valence-corrected chi connectivity index (χ4v) is 7.25. The highest BCUT2D eigenvalue weighted by atomic mass is 16.2. The first-order valence-corrected chi connectivity index (χ1v) is 13.1. The van der Waals surface area contributed by atoms with Crippen molar-refractivity contribution in [3.63, 3.8) is 0 Å². The van der Waals surface area contributed by atoms with Crippen LogP contribution in [-0.4, -0.2) is 91.1 Å². The molecule has 3 aliphatic heterocycles. The van der Waals surface area contributed by atoms with Crippen LogP contribution >= 0.6 is 0 Å². The minimum atomic E-state index is -0.0145. The van der Waals surface area contributed by atoms with E-state index in [0.29, 0.717) is 18.1 Å². The van der Waals surface area contributed by atoms with Gasteiger partial charge in [0, 0.05) is 46.3 Å². The fraction of sp³-hybridized carbons (Fsp3) is 0.704. The third kappa shape index (κ3) is 4.06. The monoisotopic (exact) mass is 467 g/mol. The van der Waals surface area contributed by atoms with Gasteiger partial charge in [-0.15, -0.1) is 0 Å². The van der Waals surface area contributed by atoms with Crippen LogP contribution in [0.15, 0.2) is 24.3 Å². The number of amides is 4. The number of hydrogen-bond donors (Lipinski definition) is 1. The van der Waals surface area contributed by atoms with Crippen molar-refractivity contribution in [3.05, 3.63) is 35.4 Å². The Morgan fingerprint density at radius 3 is 2.15 bits per heavy atom. The molecular weight excluding hydrogens is 426 g/mol. The van der Waals surface area contributed by atoms with Gasteiger partial charge < -0.3 is 24.9 Å². The molecule has 3 atom stereocenters. The molecule has 7 nitrogen and oxygen atoms in total. The number of urea groups is 2. The van der Waals surface area contributed by atoms with Gasteiger partial charge in [-0.25, -0.2) is 9.59 Å². The minimum Gasteiger partial charge on any atom is -0.331 e. The summed E-state index contributed by atoms with van der Waals surface area (Å²) in [5.41, 5.74) is 3.00. The number of carbonyl (C=O) groups excluding carboxylic acids is 2. The molecule has 1 aliphatic carbocycles. The highest BCUT2D eigenvalue weighted by Gasteiger charge is 2.48. The normalized spacial score (nSPS) is 30.1. The Morgan fingerprint density at radius 1 is 0.882 bits per heavy atom. The summed E-state index contributed by atoms with van der Waals surface area (Å²) in [6, 6.07) is 10.5. The van der Waals surface area contributed by atoms with E-state index in [0.717, 1.165) is 51.6 Å². The molecule has 4 aliphatic rings. The van der Waals surface area contributed by atoms with Crippen LogP contribution in [0, 0.1) is 0 Å². The van der Waals surface area contributed by atoms with Crippen molar-refractivity contribution in [2.45, 2.75) is 80.9 Å². The minimum absolute atomic E-state index is 0.0145. The van der Waals surface area contributed by atoms with Gasteiger partial charge in [-0.2, -0.15) is 0 Å². The number of carbonyl (C=O) groups is 2. The van der Waals surface area contributed by atoms with Crippen LogP contribution in [0.3, 0.4) is 0 Å². The Bertz CT molecular complexity index is 909. The summed E-state index contributed by atoms with van der Waals surface area (Å²) in [5.74, 6) is 0. The van der Waals surface area contributed by atoms with Crippen LogP contribution in [0.5, 0.6) is 0 Å². The van der Waals surface area contributed by atoms with E-state index >= 15 is 0 Å². The second-order valence-electron chi connectivity index (χ2n) is 11.4. The second-order valence-corrected chi connectivity index (χ2v) is 11.4. The van der Waals surface area contributed by atoms with E-state index in [1.165, 1.54) is 24.0 Å². The predicted molar refractivity (Wildman–Crippen MR) is 134 cm³/mol. The number of benzene rings is 1. The van der Waals surface area contributed by atoms with E-state index in [1.807, 2.05) is 14.1 Å². The lowest BCUT2D eigenvalue weighted by Gasteiger charge is -2.51. The molecule has 186 valence electrons. The maximum absolute atomic E-state index is 12.7. The summed E-state index contributed by atoms with van der Waals surface area (Å²) < 4.78 is 0. The van der Waals surface area contributed by atoms with Crippen molar-refractivity contribution in [3.8, 4) is 0 Å². The van der Waals surface area contributed by atoms with Crippen molar-refractivity contribution in [2.75, 3.05) is 41.3 Å². The zero-order valence-electron chi connectivity index (χ0n) is 21.3. The predicted octanol–water partition coefficient (Wildman–Crippen LogP) is 3.80. The molecule has 1 aromatic rings. The number of hydrogen-bond acceptors (Lipinski definition) is 3. The topological polar surface area (TPSA) is 59.1 Å². The van der Waals surface area contributed by atoms with Gasteiger partial charge in [-0.3, -0.25) is 0 Å². The van der Waals surface area contributed by atoms with Crippen LogP contribution in [-0.2, 0) is 5.41 Å². The summed E-state index contributed by atoms with van der Waals surface area (Å²) in [5, 5.41) is 3.24. The molecule has 2 unspecified atom stereocenters. The quantitative estimate of drug-likeness (QED) is 0.720. The Kier molecular flexibility index (Phi) is 6.25. The van der Waals surface area contributed by atoms with Crippen LogP contribution in [0.25, 0.3) is 0 Å². The summed E-state index contributed by atoms with van der Waals surface area (Å²) in [6.45, 7) is 2.27. The maximum atomic E-state index is 12.7. The third-order valence-electron chi connectivity index (χ3n) is 9.11. The Labute approximate surface area is 204 Å². The number of likely N-dealkylation sites (tertiary alicyclic amines) is 1. The summed E-state index contributed by atoms with van der Waals surface area (Å²) in [6.07, 6.45) is 9.08. The average molecular weight is 468 g/mol. The molecule has 34 heavy (non-hydrogen) atoms. The summed E-state index contributed by atoms with van der Waals surface area (Å²) in [7, 11) is 7.34. The molecule has 0 aromatic heterocycles. The molecule has 3 saturated heterocycles. The lowest BCUT2D eigenvalue weighted by Crippen LogP contribution is -2.57. The molecule has 1 aromatic carbocycles. The Hall–Kier alpha value is -2.28. The number of nitrogens with one attached hydrogen (secondary N) is 1.